The number of rotatable bonds is 5. The van der Waals surface area contributed by atoms with Gasteiger partial charge in [0.15, 0.2) is 0 Å². The van der Waals surface area contributed by atoms with E-state index in [0.29, 0.717) is 18.5 Å². The van der Waals surface area contributed by atoms with Crippen molar-refractivity contribution >= 4 is 21.8 Å². The van der Waals surface area contributed by atoms with Crippen molar-refractivity contribution in [2.45, 2.75) is 26.2 Å². The lowest BCUT2D eigenvalue weighted by atomic mass is 9.87. The van der Waals surface area contributed by atoms with Crippen LogP contribution in [-0.2, 0) is 10.2 Å². The van der Waals surface area contributed by atoms with Gasteiger partial charge < -0.3 is 10.1 Å². The van der Waals surface area contributed by atoms with Crippen LogP contribution in [-0.4, -0.2) is 24.4 Å². The average molecular weight is 314 g/mol. The molecule has 0 bridgehead atoms. The van der Waals surface area contributed by atoms with Crippen LogP contribution in [0.5, 0.6) is 5.75 Å². The molecule has 3 nitrogen and oxygen atoms in total. The summed E-state index contributed by atoms with van der Waals surface area (Å²) in [5.41, 5.74) is 1.44. The molecule has 0 heterocycles. The van der Waals surface area contributed by atoms with Crippen molar-refractivity contribution in [1.29, 1.82) is 0 Å². The van der Waals surface area contributed by atoms with Crippen LogP contribution in [0.4, 0.5) is 0 Å². The summed E-state index contributed by atoms with van der Waals surface area (Å²) in [4.78, 5) is 11.0. The van der Waals surface area contributed by atoms with Crippen LogP contribution in [0.1, 0.15) is 26.3 Å². The molecule has 0 aliphatic carbocycles. The molecular weight excluding hydrogens is 294 g/mol. The first-order chi connectivity index (χ1) is 8.43. The SMILES string of the molecule is CC(C)(C)c1ccc(OCCNC(=O)CBr)cc1. The minimum Gasteiger partial charge on any atom is -0.492 e. The molecule has 0 fully saturated rings. The number of benzene rings is 1. The first kappa shape index (κ1) is 15.0. The highest BCUT2D eigenvalue weighted by Gasteiger charge is 2.12. The maximum atomic E-state index is 11.0. The molecule has 0 aliphatic heterocycles. The van der Waals surface area contributed by atoms with Crippen LogP contribution in [0.2, 0.25) is 0 Å². The number of hydrogen-bond acceptors (Lipinski definition) is 2. The molecule has 0 saturated heterocycles. The lowest BCUT2D eigenvalue weighted by Gasteiger charge is -2.19. The summed E-state index contributed by atoms with van der Waals surface area (Å²) in [6, 6.07) is 8.08. The van der Waals surface area contributed by atoms with Crippen LogP contribution >= 0.6 is 15.9 Å². The second kappa shape index (κ2) is 6.78. The van der Waals surface area contributed by atoms with Gasteiger partial charge in [-0.2, -0.15) is 0 Å². The van der Waals surface area contributed by atoms with Crippen molar-refractivity contribution in [3.8, 4) is 5.75 Å². The van der Waals surface area contributed by atoms with E-state index in [4.69, 9.17) is 4.74 Å². The molecule has 18 heavy (non-hydrogen) atoms. The van der Waals surface area contributed by atoms with E-state index >= 15 is 0 Å². The molecule has 100 valence electrons. The Morgan fingerprint density at radius 1 is 1.28 bits per heavy atom. The summed E-state index contributed by atoms with van der Waals surface area (Å²) < 4.78 is 5.54. The quantitative estimate of drug-likeness (QED) is 0.670. The summed E-state index contributed by atoms with van der Waals surface area (Å²) in [6.07, 6.45) is 0. The third kappa shape index (κ3) is 5.08. The molecule has 1 rings (SSSR count). The summed E-state index contributed by atoms with van der Waals surface area (Å²) >= 11 is 3.09. The van der Waals surface area contributed by atoms with Crippen molar-refractivity contribution < 1.29 is 9.53 Å². The fraction of sp³-hybridized carbons (Fsp3) is 0.500. The fourth-order valence-corrected chi connectivity index (χ4v) is 1.66. The van der Waals surface area contributed by atoms with Gasteiger partial charge in [-0.25, -0.2) is 0 Å². The molecule has 1 aromatic rings. The molecule has 0 spiro atoms. The van der Waals surface area contributed by atoms with Gasteiger partial charge in [-0.05, 0) is 23.1 Å². The fourth-order valence-electron chi connectivity index (χ4n) is 1.46. The van der Waals surface area contributed by atoms with Crippen LogP contribution in [0, 0.1) is 0 Å². The van der Waals surface area contributed by atoms with Crippen molar-refractivity contribution in [3.05, 3.63) is 29.8 Å². The maximum absolute atomic E-state index is 11.0. The molecule has 4 heteroatoms. The third-order valence-electron chi connectivity index (χ3n) is 2.53. The zero-order valence-corrected chi connectivity index (χ0v) is 12.7. The zero-order chi connectivity index (χ0) is 13.6. The van der Waals surface area contributed by atoms with E-state index in [0.717, 1.165) is 5.75 Å². The number of halogens is 1. The maximum Gasteiger partial charge on any atom is 0.230 e. The number of amides is 1. The van der Waals surface area contributed by atoms with Crippen molar-refractivity contribution in [1.82, 2.24) is 5.32 Å². The molecule has 1 N–H and O–H groups in total. The lowest BCUT2D eigenvalue weighted by Crippen LogP contribution is -2.28. The first-order valence-electron chi connectivity index (χ1n) is 5.99. The molecule has 0 unspecified atom stereocenters. The molecule has 1 amide bonds. The smallest absolute Gasteiger partial charge is 0.230 e. The Hall–Kier alpha value is -1.03. The van der Waals surface area contributed by atoms with Gasteiger partial charge in [0, 0.05) is 0 Å². The van der Waals surface area contributed by atoms with Crippen molar-refractivity contribution in [3.63, 3.8) is 0 Å². The van der Waals surface area contributed by atoms with Gasteiger partial charge in [0.1, 0.15) is 12.4 Å². The van der Waals surface area contributed by atoms with Gasteiger partial charge in [0.05, 0.1) is 11.9 Å². The second-order valence-corrected chi connectivity index (χ2v) is 5.67. The van der Waals surface area contributed by atoms with Gasteiger partial charge in [0.25, 0.3) is 0 Å². The second-order valence-electron chi connectivity index (χ2n) is 5.11. The van der Waals surface area contributed by atoms with Gasteiger partial charge in [-0.15, -0.1) is 0 Å². The van der Waals surface area contributed by atoms with Crippen LogP contribution in [0.3, 0.4) is 0 Å². The minimum absolute atomic E-state index is 0.0262. The summed E-state index contributed by atoms with van der Waals surface area (Å²) in [6.45, 7) is 7.54. The number of alkyl halides is 1. The number of carbonyl (C=O) groups is 1. The molecule has 0 aliphatic rings. The topological polar surface area (TPSA) is 38.3 Å². The van der Waals surface area contributed by atoms with E-state index in [2.05, 4.69) is 54.2 Å². The number of nitrogens with one attached hydrogen (secondary N) is 1. The molecule has 0 radical (unpaired) electrons. The van der Waals surface area contributed by atoms with E-state index in [-0.39, 0.29) is 11.3 Å². The average Bonchev–Trinajstić information content (AvgIpc) is 2.33. The Labute approximate surface area is 117 Å². The molecule has 0 aromatic heterocycles. The van der Waals surface area contributed by atoms with E-state index < -0.39 is 0 Å². The van der Waals surface area contributed by atoms with Crippen LogP contribution in [0.15, 0.2) is 24.3 Å². The highest BCUT2D eigenvalue weighted by atomic mass is 79.9. The Morgan fingerprint density at radius 2 is 1.89 bits per heavy atom. The van der Waals surface area contributed by atoms with E-state index in [1.807, 2.05) is 12.1 Å². The zero-order valence-electron chi connectivity index (χ0n) is 11.1. The predicted octanol–water partition coefficient (Wildman–Crippen LogP) is 2.87. The van der Waals surface area contributed by atoms with Gasteiger partial charge >= 0.3 is 0 Å². The number of hydrogen-bond donors (Lipinski definition) is 1. The predicted molar refractivity (Wildman–Crippen MR) is 77.4 cm³/mol. The standard InChI is InChI=1S/C14H20BrNO2/c1-14(2,3)11-4-6-12(7-5-11)18-9-8-16-13(17)10-15/h4-7H,8-10H2,1-3H3,(H,16,17). The van der Waals surface area contributed by atoms with E-state index in [1.54, 1.807) is 0 Å². The molecule has 0 atom stereocenters. The van der Waals surface area contributed by atoms with Gasteiger partial charge in [-0.3, -0.25) is 4.79 Å². The number of ether oxygens (including phenoxy) is 1. The Bertz CT molecular complexity index is 382. The number of carbonyl (C=O) groups excluding carboxylic acids is 1. The van der Waals surface area contributed by atoms with E-state index in [1.165, 1.54) is 5.56 Å². The summed E-state index contributed by atoms with van der Waals surface area (Å²) in [7, 11) is 0. The van der Waals surface area contributed by atoms with Gasteiger partial charge in [-0.1, -0.05) is 48.8 Å². The van der Waals surface area contributed by atoms with Gasteiger partial charge in [0.2, 0.25) is 5.91 Å². The Morgan fingerprint density at radius 3 is 2.39 bits per heavy atom. The molecule has 0 saturated carbocycles. The highest BCUT2D eigenvalue weighted by molar-refractivity contribution is 9.09. The molecular formula is C14H20BrNO2. The largest absolute Gasteiger partial charge is 0.492 e. The van der Waals surface area contributed by atoms with Crippen molar-refractivity contribution in [2.24, 2.45) is 0 Å². The minimum atomic E-state index is -0.0262. The summed E-state index contributed by atoms with van der Waals surface area (Å²) in [5, 5.41) is 3.05. The Balaban J connectivity index is 2.38. The van der Waals surface area contributed by atoms with Crippen LogP contribution in [0.25, 0.3) is 0 Å². The molecule has 1 aromatic carbocycles. The van der Waals surface area contributed by atoms with Crippen LogP contribution < -0.4 is 10.1 Å². The third-order valence-corrected chi connectivity index (χ3v) is 3.04. The normalized spacial score (nSPS) is 11.1. The van der Waals surface area contributed by atoms with E-state index in [9.17, 15) is 4.79 Å². The summed E-state index contributed by atoms with van der Waals surface area (Å²) in [5.74, 6) is 0.803. The van der Waals surface area contributed by atoms with Crippen molar-refractivity contribution in [2.75, 3.05) is 18.5 Å². The Kier molecular flexibility index (Phi) is 5.66. The monoisotopic (exact) mass is 313 g/mol. The highest BCUT2D eigenvalue weighted by Crippen LogP contribution is 2.24. The first-order valence-corrected chi connectivity index (χ1v) is 7.11. The lowest BCUT2D eigenvalue weighted by molar-refractivity contribution is -0.118.